The molecule has 5 nitrogen and oxygen atoms in total. The van der Waals surface area contributed by atoms with E-state index in [4.69, 9.17) is 23.7 Å². The highest BCUT2D eigenvalue weighted by molar-refractivity contribution is 5.43. The molecule has 4 atom stereocenters. The zero-order chi connectivity index (χ0) is 16.8. The van der Waals surface area contributed by atoms with Crippen LogP contribution in [0.1, 0.15) is 30.5 Å². The van der Waals surface area contributed by atoms with Crippen LogP contribution in [-0.4, -0.2) is 44.1 Å². The number of ether oxygens (including phenoxy) is 5. The lowest BCUT2D eigenvalue weighted by Crippen LogP contribution is -2.55. The van der Waals surface area contributed by atoms with E-state index in [1.165, 1.54) is 5.56 Å². The molecule has 0 aromatic heterocycles. The molecule has 2 aliphatic heterocycles. The van der Waals surface area contributed by atoms with Crippen LogP contribution in [0.5, 0.6) is 5.75 Å². The molecule has 128 valence electrons. The van der Waals surface area contributed by atoms with Crippen molar-refractivity contribution < 1.29 is 23.7 Å². The fourth-order valence-corrected chi connectivity index (χ4v) is 3.52. The minimum absolute atomic E-state index is 0.146. The van der Waals surface area contributed by atoms with Crippen molar-refractivity contribution >= 4 is 0 Å². The van der Waals surface area contributed by atoms with Gasteiger partial charge in [0.15, 0.2) is 18.2 Å². The Labute approximate surface area is 137 Å². The van der Waals surface area contributed by atoms with E-state index in [9.17, 15) is 0 Å². The van der Waals surface area contributed by atoms with E-state index in [0.29, 0.717) is 6.61 Å². The van der Waals surface area contributed by atoms with Crippen LogP contribution in [0.2, 0.25) is 0 Å². The van der Waals surface area contributed by atoms with Crippen molar-refractivity contribution in [2.75, 3.05) is 13.7 Å². The lowest BCUT2D eigenvalue weighted by Gasteiger charge is -2.37. The maximum absolute atomic E-state index is 6.33. The molecule has 1 aromatic carbocycles. The molecule has 2 fully saturated rings. The van der Waals surface area contributed by atoms with Gasteiger partial charge < -0.3 is 23.7 Å². The van der Waals surface area contributed by atoms with E-state index in [1.807, 2.05) is 27.7 Å². The summed E-state index contributed by atoms with van der Waals surface area (Å²) < 4.78 is 29.5. The van der Waals surface area contributed by atoms with Crippen LogP contribution in [0.15, 0.2) is 12.1 Å². The second-order valence-electron chi connectivity index (χ2n) is 6.89. The van der Waals surface area contributed by atoms with Crippen LogP contribution in [0.3, 0.4) is 0 Å². The molecule has 0 unspecified atom stereocenters. The summed E-state index contributed by atoms with van der Waals surface area (Å²) in [5.41, 5.74) is 3.41. The number of hydrogen-bond donors (Lipinski definition) is 0. The minimum atomic E-state index is -0.639. The van der Waals surface area contributed by atoms with Gasteiger partial charge in [0.1, 0.15) is 18.0 Å². The Morgan fingerprint density at radius 3 is 2.35 bits per heavy atom. The molecule has 2 aliphatic rings. The van der Waals surface area contributed by atoms with Crippen LogP contribution < -0.4 is 4.74 Å². The monoisotopic (exact) mass is 322 g/mol. The molecule has 0 radical (unpaired) electrons. The van der Waals surface area contributed by atoms with Gasteiger partial charge in [-0.3, -0.25) is 0 Å². The first-order chi connectivity index (χ1) is 10.8. The van der Waals surface area contributed by atoms with E-state index in [2.05, 4.69) is 19.1 Å². The molecule has 0 spiro atoms. The smallest absolute Gasteiger partial charge is 0.197 e. The first-order valence-electron chi connectivity index (χ1n) is 8.05. The number of hydrogen-bond acceptors (Lipinski definition) is 5. The molecule has 0 bridgehead atoms. The highest BCUT2D eigenvalue weighted by Gasteiger charge is 2.52. The summed E-state index contributed by atoms with van der Waals surface area (Å²) in [4.78, 5) is 0. The maximum Gasteiger partial charge on any atom is 0.197 e. The molecular weight excluding hydrogens is 296 g/mol. The third-order valence-electron chi connectivity index (χ3n) is 4.33. The Morgan fingerprint density at radius 2 is 1.74 bits per heavy atom. The number of fused-ring (bicyclic) bond motifs is 1. The van der Waals surface area contributed by atoms with Gasteiger partial charge in [0.2, 0.25) is 0 Å². The fourth-order valence-electron chi connectivity index (χ4n) is 3.52. The molecule has 23 heavy (non-hydrogen) atoms. The highest BCUT2D eigenvalue weighted by Crippen LogP contribution is 2.37. The Balaban J connectivity index is 1.89. The van der Waals surface area contributed by atoms with Crippen LogP contribution in [-0.2, 0) is 18.9 Å². The number of aryl methyl sites for hydroxylation is 3. The van der Waals surface area contributed by atoms with E-state index in [-0.39, 0.29) is 18.3 Å². The molecule has 1 aromatic rings. The number of benzene rings is 1. The molecule has 0 saturated carbocycles. The van der Waals surface area contributed by atoms with Crippen LogP contribution >= 0.6 is 0 Å². The van der Waals surface area contributed by atoms with Crippen LogP contribution in [0.4, 0.5) is 0 Å². The topological polar surface area (TPSA) is 46.2 Å². The Bertz CT molecular complexity index is 560. The van der Waals surface area contributed by atoms with Crippen molar-refractivity contribution in [3.05, 3.63) is 28.8 Å². The molecule has 3 rings (SSSR count). The fraction of sp³-hybridized carbons (Fsp3) is 0.667. The summed E-state index contributed by atoms with van der Waals surface area (Å²) in [5, 5.41) is 0. The van der Waals surface area contributed by atoms with Gasteiger partial charge in [0.25, 0.3) is 0 Å². The van der Waals surface area contributed by atoms with Crippen molar-refractivity contribution in [3.63, 3.8) is 0 Å². The second kappa shape index (κ2) is 6.06. The van der Waals surface area contributed by atoms with Crippen LogP contribution in [0.25, 0.3) is 0 Å². The summed E-state index contributed by atoms with van der Waals surface area (Å²) >= 11 is 0. The van der Waals surface area contributed by atoms with Gasteiger partial charge in [0.05, 0.1) is 6.61 Å². The standard InChI is InChI=1S/C18H26O5/c1-10-7-11(2)14(12(3)8-10)21-16-15-13(9-20-17(16)19-6)22-18(4,5)23-15/h7-8,13,15-17H,9H2,1-6H3/t13-,15+,16+,17+/m1/s1. The largest absolute Gasteiger partial charge is 0.482 e. The average Bonchev–Trinajstić information content (AvgIpc) is 2.76. The first-order valence-corrected chi connectivity index (χ1v) is 8.05. The van der Waals surface area contributed by atoms with E-state index in [1.54, 1.807) is 7.11 Å². The predicted octanol–water partition coefficient (Wildman–Crippen LogP) is 2.88. The molecule has 0 N–H and O–H groups in total. The van der Waals surface area contributed by atoms with Crippen molar-refractivity contribution in [1.82, 2.24) is 0 Å². The zero-order valence-electron chi connectivity index (χ0n) is 14.7. The van der Waals surface area contributed by atoms with E-state index in [0.717, 1.165) is 16.9 Å². The third-order valence-corrected chi connectivity index (χ3v) is 4.33. The normalized spacial score (nSPS) is 32.6. The van der Waals surface area contributed by atoms with Gasteiger partial charge in [-0.25, -0.2) is 0 Å². The Kier molecular flexibility index (Phi) is 4.40. The summed E-state index contributed by atoms with van der Waals surface area (Å²) in [6.45, 7) is 10.4. The minimum Gasteiger partial charge on any atom is -0.482 e. The summed E-state index contributed by atoms with van der Waals surface area (Å²) in [6, 6.07) is 4.22. The lowest BCUT2D eigenvalue weighted by atomic mass is 10.0. The Hall–Kier alpha value is -1.14. The van der Waals surface area contributed by atoms with Gasteiger partial charge in [-0.05, 0) is 45.7 Å². The van der Waals surface area contributed by atoms with Crippen molar-refractivity contribution in [3.8, 4) is 5.75 Å². The lowest BCUT2D eigenvalue weighted by molar-refractivity contribution is -0.234. The summed E-state index contributed by atoms with van der Waals surface area (Å²) in [6.07, 6.45) is -1.22. The number of methoxy groups -OCH3 is 1. The zero-order valence-corrected chi connectivity index (χ0v) is 14.7. The van der Waals surface area contributed by atoms with Crippen molar-refractivity contribution in [2.45, 2.75) is 65.0 Å². The van der Waals surface area contributed by atoms with Gasteiger partial charge >= 0.3 is 0 Å². The average molecular weight is 322 g/mol. The molecule has 0 amide bonds. The molecular formula is C18H26O5. The van der Waals surface area contributed by atoms with Gasteiger partial charge in [-0.15, -0.1) is 0 Å². The highest BCUT2D eigenvalue weighted by atomic mass is 16.8. The molecule has 0 aliphatic carbocycles. The van der Waals surface area contributed by atoms with E-state index < -0.39 is 12.1 Å². The quantitative estimate of drug-likeness (QED) is 0.856. The van der Waals surface area contributed by atoms with Gasteiger partial charge in [0, 0.05) is 7.11 Å². The molecule has 5 heteroatoms. The first kappa shape index (κ1) is 16.7. The van der Waals surface area contributed by atoms with E-state index >= 15 is 0 Å². The van der Waals surface area contributed by atoms with Crippen molar-refractivity contribution in [1.29, 1.82) is 0 Å². The maximum atomic E-state index is 6.33. The Morgan fingerprint density at radius 1 is 1.09 bits per heavy atom. The van der Waals surface area contributed by atoms with Crippen LogP contribution in [0, 0.1) is 20.8 Å². The predicted molar refractivity (Wildman–Crippen MR) is 85.6 cm³/mol. The second-order valence-corrected chi connectivity index (χ2v) is 6.89. The SMILES string of the molecule is CO[C@H]1OC[C@H]2OC(C)(C)O[C@@H]2[C@@H]1Oc1c(C)cc(C)cc1C. The number of rotatable bonds is 3. The molecule has 2 saturated heterocycles. The van der Waals surface area contributed by atoms with Gasteiger partial charge in [-0.1, -0.05) is 17.7 Å². The molecule has 2 heterocycles. The third kappa shape index (κ3) is 3.24. The van der Waals surface area contributed by atoms with Gasteiger partial charge in [-0.2, -0.15) is 0 Å². The summed E-state index contributed by atoms with van der Waals surface area (Å²) in [7, 11) is 1.62. The van der Waals surface area contributed by atoms with Crippen molar-refractivity contribution in [2.24, 2.45) is 0 Å². The summed E-state index contributed by atoms with van der Waals surface area (Å²) in [5.74, 6) is 0.223.